The van der Waals surface area contributed by atoms with E-state index >= 15 is 0 Å². The van der Waals surface area contributed by atoms with Gasteiger partial charge in [-0.2, -0.15) is 0 Å². The van der Waals surface area contributed by atoms with E-state index in [1.807, 2.05) is 12.1 Å². The lowest BCUT2D eigenvalue weighted by Gasteiger charge is -2.06. The molecule has 1 N–H and O–H groups in total. The second-order valence-corrected chi connectivity index (χ2v) is 4.99. The molecule has 0 aliphatic rings. The first kappa shape index (κ1) is 10.9. The van der Waals surface area contributed by atoms with Crippen molar-refractivity contribution in [3.63, 3.8) is 0 Å². The highest BCUT2D eigenvalue weighted by Gasteiger charge is 2.09. The SMILES string of the molecule is CCc1cnc2c(O)c(Br)cc(Br)c2c1. The van der Waals surface area contributed by atoms with E-state index in [4.69, 9.17) is 0 Å². The number of fused-ring (bicyclic) bond motifs is 1. The number of phenols is 1. The van der Waals surface area contributed by atoms with Crippen LogP contribution in [0.5, 0.6) is 5.75 Å². The van der Waals surface area contributed by atoms with Gasteiger partial charge in [0.2, 0.25) is 0 Å². The number of nitrogens with zero attached hydrogens (tertiary/aromatic N) is 1. The van der Waals surface area contributed by atoms with Crippen molar-refractivity contribution in [2.75, 3.05) is 0 Å². The van der Waals surface area contributed by atoms with E-state index in [1.165, 1.54) is 0 Å². The Balaban J connectivity index is 2.84. The first-order chi connectivity index (χ1) is 7.13. The minimum Gasteiger partial charge on any atom is -0.505 e. The molecular formula is C11H9Br2NO. The summed E-state index contributed by atoms with van der Waals surface area (Å²) in [7, 11) is 0. The van der Waals surface area contributed by atoms with Crippen molar-refractivity contribution in [1.82, 2.24) is 4.98 Å². The minimum atomic E-state index is 0.191. The Kier molecular flexibility index (Phi) is 2.98. The molecule has 0 atom stereocenters. The minimum absolute atomic E-state index is 0.191. The topological polar surface area (TPSA) is 33.1 Å². The van der Waals surface area contributed by atoms with Gasteiger partial charge in [-0.05, 0) is 40.0 Å². The molecule has 2 aromatic rings. The summed E-state index contributed by atoms with van der Waals surface area (Å²) in [6.07, 6.45) is 2.73. The summed E-state index contributed by atoms with van der Waals surface area (Å²) in [6.45, 7) is 2.08. The molecule has 0 aliphatic heterocycles. The molecule has 2 nitrogen and oxygen atoms in total. The van der Waals surface area contributed by atoms with Crippen molar-refractivity contribution in [2.24, 2.45) is 0 Å². The third-order valence-corrected chi connectivity index (χ3v) is 3.57. The van der Waals surface area contributed by atoms with Crippen LogP contribution in [0, 0.1) is 0 Å². The first-order valence-corrected chi connectivity index (χ1v) is 6.17. The quantitative estimate of drug-likeness (QED) is 0.856. The van der Waals surface area contributed by atoms with Gasteiger partial charge in [-0.1, -0.05) is 22.9 Å². The predicted octanol–water partition coefficient (Wildman–Crippen LogP) is 4.03. The molecule has 2 rings (SSSR count). The van der Waals surface area contributed by atoms with E-state index in [0.717, 1.165) is 21.8 Å². The van der Waals surface area contributed by atoms with Crippen LogP contribution in [0.4, 0.5) is 0 Å². The first-order valence-electron chi connectivity index (χ1n) is 4.59. The average molecular weight is 331 g/mol. The number of rotatable bonds is 1. The molecule has 0 saturated heterocycles. The lowest BCUT2D eigenvalue weighted by Crippen LogP contribution is -1.87. The van der Waals surface area contributed by atoms with Gasteiger partial charge in [-0.3, -0.25) is 4.98 Å². The number of pyridine rings is 1. The van der Waals surface area contributed by atoms with Crippen LogP contribution in [0.25, 0.3) is 10.9 Å². The summed E-state index contributed by atoms with van der Waals surface area (Å²) in [5.74, 6) is 0.191. The van der Waals surface area contributed by atoms with Gasteiger partial charge in [0, 0.05) is 16.1 Å². The Morgan fingerprint density at radius 2 is 2.00 bits per heavy atom. The third kappa shape index (κ3) is 1.88. The highest BCUT2D eigenvalue weighted by molar-refractivity contribution is 9.11. The molecule has 0 amide bonds. The molecule has 1 aromatic heterocycles. The van der Waals surface area contributed by atoms with Gasteiger partial charge >= 0.3 is 0 Å². The largest absolute Gasteiger partial charge is 0.505 e. The molecule has 15 heavy (non-hydrogen) atoms. The van der Waals surface area contributed by atoms with Crippen LogP contribution >= 0.6 is 31.9 Å². The van der Waals surface area contributed by atoms with Gasteiger partial charge in [-0.25, -0.2) is 0 Å². The number of benzene rings is 1. The number of aryl methyl sites for hydroxylation is 1. The smallest absolute Gasteiger partial charge is 0.156 e. The van der Waals surface area contributed by atoms with Gasteiger partial charge in [0.25, 0.3) is 0 Å². The monoisotopic (exact) mass is 329 g/mol. The number of hydrogen-bond donors (Lipinski definition) is 1. The second-order valence-electron chi connectivity index (χ2n) is 3.28. The molecule has 0 radical (unpaired) electrons. The maximum atomic E-state index is 9.82. The van der Waals surface area contributed by atoms with Crippen LogP contribution in [0.3, 0.4) is 0 Å². The molecule has 0 fully saturated rings. The standard InChI is InChI=1S/C11H9Br2NO/c1-2-6-3-7-8(12)4-9(13)11(15)10(7)14-5-6/h3-5,15H,2H2,1H3. The molecule has 78 valence electrons. The number of phenolic OH excluding ortho intramolecular Hbond substituents is 1. The molecule has 0 unspecified atom stereocenters. The zero-order chi connectivity index (χ0) is 11.0. The van der Waals surface area contributed by atoms with Gasteiger partial charge in [0.1, 0.15) is 5.52 Å². The fraction of sp³-hybridized carbons (Fsp3) is 0.182. The Morgan fingerprint density at radius 3 is 2.67 bits per heavy atom. The Hall–Kier alpha value is -0.610. The van der Waals surface area contributed by atoms with Crippen LogP contribution in [-0.2, 0) is 6.42 Å². The summed E-state index contributed by atoms with van der Waals surface area (Å²) in [4.78, 5) is 4.26. The average Bonchev–Trinajstić information content (AvgIpc) is 2.25. The highest BCUT2D eigenvalue weighted by Crippen LogP contribution is 2.36. The van der Waals surface area contributed by atoms with Gasteiger partial charge in [0.15, 0.2) is 5.75 Å². The van der Waals surface area contributed by atoms with Crippen molar-refractivity contribution in [3.05, 3.63) is 32.8 Å². The lowest BCUT2D eigenvalue weighted by atomic mass is 10.1. The normalized spacial score (nSPS) is 10.9. The van der Waals surface area contributed by atoms with Crippen LogP contribution in [0.2, 0.25) is 0 Å². The zero-order valence-electron chi connectivity index (χ0n) is 8.09. The fourth-order valence-corrected chi connectivity index (χ4v) is 2.70. The van der Waals surface area contributed by atoms with Gasteiger partial charge in [0.05, 0.1) is 4.47 Å². The molecule has 0 spiro atoms. The summed E-state index contributed by atoms with van der Waals surface area (Å²) in [5.41, 5.74) is 1.78. The van der Waals surface area contributed by atoms with E-state index in [9.17, 15) is 5.11 Å². The number of aromatic nitrogens is 1. The lowest BCUT2D eigenvalue weighted by molar-refractivity contribution is 0.477. The Morgan fingerprint density at radius 1 is 1.27 bits per heavy atom. The van der Waals surface area contributed by atoms with E-state index in [0.29, 0.717) is 9.99 Å². The Labute approximate surface area is 105 Å². The van der Waals surface area contributed by atoms with Gasteiger partial charge < -0.3 is 5.11 Å². The van der Waals surface area contributed by atoms with Gasteiger partial charge in [-0.15, -0.1) is 0 Å². The maximum absolute atomic E-state index is 9.82. The number of aromatic hydroxyl groups is 1. The molecule has 0 saturated carbocycles. The molecule has 1 heterocycles. The van der Waals surface area contributed by atoms with E-state index in [1.54, 1.807) is 6.20 Å². The molecular weight excluding hydrogens is 322 g/mol. The van der Waals surface area contributed by atoms with Crippen molar-refractivity contribution >= 4 is 42.8 Å². The number of halogens is 2. The molecule has 0 bridgehead atoms. The van der Waals surface area contributed by atoms with Crippen LogP contribution in [0.15, 0.2) is 27.3 Å². The van der Waals surface area contributed by atoms with E-state index in [-0.39, 0.29) is 5.75 Å². The Bertz CT molecular complexity index is 525. The number of hydrogen-bond acceptors (Lipinski definition) is 2. The van der Waals surface area contributed by atoms with Crippen molar-refractivity contribution in [1.29, 1.82) is 0 Å². The van der Waals surface area contributed by atoms with Crippen LogP contribution < -0.4 is 0 Å². The summed E-state index contributed by atoms with van der Waals surface area (Å²) in [5, 5.41) is 10.8. The van der Waals surface area contributed by atoms with Crippen LogP contribution in [0.1, 0.15) is 12.5 Å². The summed E-state index contributed by atoms with van der Waals surface area (Å²) in [6, 6.07) is 3.87. The summed E-state index contributed by atoms with van der Waals surface area (Å²) < 4.78 is 1.59. The summed E-state index contributed by atoms with van der Waals surface area (Å²) >= 11 is 6.75. The molecule has 1 aromatic carbocycles. The predicted molar refractivity (Wildman–Crippen MR) is 68.2 cm³/mol. The van der Waals surface area contributed by atoms with Crippen molar-refractivity contribution in [3.8, 4) is 5.75 Å². The zero-order valence-corrected chi connectivity index (χ0v) is 11.3. The van der Waals surface area contributed by atoms with E-state index in [2.05, 4.69) is 43.8 Å². The molecule has 0 aliphatic carbocycles. The maximum Gasteiger partial charge on any atom is 0.156 e. The van der Waals surface area contributed by atoms with Crippen molar-refractivity contribution in [2.45, 2.75) is 13.3 Å². The highest BCUT2D eigenvalue weighted by atomic mass is 79.9. The fourth-order valence-electron chi connectivity index (χ4n) is 1.44. The van der Waals surface area contributed by atoms with E-state index < -0.39 is 0 Å². The van der Waals surface area contributed by atoms with Crippen LogP contribution in [-0.4, -0.2) is 10.1 Å². The third-order valence-electron chi connectivity index (χ3n) is 2.31. The van der Waals surface area contributed by atoms with Crippen molar-refractivity contribution < 1.29 is 5.11 Å². The molecule has 4 heteroatoms. The second kappa shape index (κ2) is 4.10.